The quantitative estimate of drug-likeness (QED) is 0.253. The minimum atomic E-state index is -2.23. The average molecular weight is 564 g/mol. The number of amides is 2. The van der Waals surface area contributed by atoms with Gasteiger partial charge in [-0.2, -0.15) is 0 Å². The van der Waals surface area contributed by atoms with E-state index < -0.39 is 52.9 Å². The van der Waals surface area contributed by atoms with Crippen LogP contribution in [0.4, 0.5) is 5.69 Å². The molecule has 1 aliphatic carbocycles. The predicted octanol–water partition coefficient (Wildman–Crippen LogP) is 4.87. The molecule has 3 aliphatic rings. The molecule has 2 aliphatic heterocycles. The van der Waals surface area contributed by atoms with Crippen molar-refractivity contribution in [1.29, 1.82) is 0 Å². The number of hydrogen-bond donors (Lipinski definition) is 0. The molecule has 2 heterocycles. The summed E-state index contributed by atoms with van der Waals surface area (Å²) in [6, 6.07) is 16.8. The second-order valence-electron chi connectivity index (χ2n) is 9.41. The third-order valence-corrected chi connectivity index (χ3v) is 8.25. The molecule has 39 heavy (non-hydrogen) atoms. The zero-order valence-corrected chi connectivity index (χ0v) is 21.9. The van der Waals surface area contributed by atoms with Gasteiger partial charge in [-0.25, -0.2) is 9.69 Å². The van der Waals surface area contributed by atoms with E-state index in [2.05, 4.69) is 0 Å². The lowest BCUT2D eigenvalue weighted by molar-refractivity contribution is -0.127. The van der Waals surface area contributed by atoms with Crippen LogP contribution < -0.4 is 4.90 Å². The van der Waals surface area contributed by atoms with Crippen molar-refractivity contribution in [3.05, 3.63) is 99.0 Å². The Balaban J connectivity index is 1.50. The highest BCUT2D eigenvalue weighted by Gasteiger charge is 2.74. The smallest absolute Gasteiger partial charge is 0.338 e. The van der Waals surface area contributed by atoms with Gasteiger partial charge >= 0.3 is 5.97 Å². The molecule has 196 valence electrons. The van der Waals surface area contributed by atoms with Crippen LogP contribution in [0.3, 0.4) is 0 Å². The number of anilines is 1. The molecule has 0 saturated carbocycles. The van der Waals surface area contributed by atoms with Gasteiger partial charge in [0.15, 0.2) is 0 Å². The molecule has 6 rings (SSSR count). The lowest BCUT2D eigenvalue weighted by Gasteiger charge is -2.27. The van der Waals surface area contributed by atoms with E-state index in [4.69, 9.17) is 32.7 Å². The molecule has 10 heteroatoms. The Labute approximate surface area is 232 Å². The van der Waals surface area contributed by atoms with Crippen molar-refractivity contribution < 1.29 is 33.4 Å². The molecule has 0 aromatic heterocycles. The van der Waals surface area contributed by atoms with Crippen molar-refractivity contribution in [3.8, 4) is 0 Å². The molecule has 2 amide bonds. The van der Waals surface area contributed by atoms with E-state index in [9.17, 15) is 24.0 Å². The fourth-order valence-electron chi connectivity index (χ4n) is 5.74. The Morgan fingerprint density at radius 1 is 0.897 bits per heavy atom. The van der Waals surface area contributed by atoms with Gasteiger partial charge in [-0.05, 0) is 36.8 Å². The molecular weight excluding hydrogens is 545 g/mol. The number of carbonyl (C=O) groups excluding carboxylic acids is 5. The average Bonchev–Trinajstić information content (AvgIpc) is 3.50. The molecule has 8 nitrogen and oxygen atoms in total. The van der Waals surface area contributed by atoms with E-state index in [1.54, 1.807) is 31.2 Å². The van der Waals surface area contributed by atoms with Crippen LogP contribution in [0, 0.1) is 11.8 Å². The van der Waals surface area contributed by atoms with Crippen molar-refractivity contribution >= 4 is 58.2 Å². The van der Waals surface area contributed by atoms with E-state index in [1.165, 1.54) is 42.5 Å². The number of nitrogens with zero attached hydrogens (tertiary/aromatic N) is 1. The van der Waals surface area contributed by atoms with Gasteiger partial charge in [0.2, 0.25) is 29.0 Å². The second-order valence-corrected chi connectivity index (χ2v) is 10.2. The molecule has 2 saturated heterocycles. The lowest BCUT2D eigenvalue weighted by atomic mass is 9.77. The summed E-state index contributed by atoms with van der Waals surface area (Å²) < 4.78 is 11.3. The number of hydrogen-bond acceptors (Lipinski definition) is 7. The fraction of sp³-hybridized carbons (Fsp3) is 0.207. The molecule has 1 spiro atoms. The van der Waals surface area contributed by atoms with E-state index >= 15 is 0 Å². The Morgan fingerprint density at radius 2 is 1.54 bits per heavy atom. The van der Waals surface area contributed by atoms with Crippen molar-refractivity contribution in [2.75, 3.05) is 11.5 Å². The first kappa shape index (κ1) is 25.4. The van der Waals surface area contributed by atoms with Gasteiger partial charge in [0.25, 0.3) is 0 Å². The molecule has 0 unspecified atom stereocenters. The number of halogens is 2. The van der Waals surface area contributed by atoms with Crippen LogP contribution in [0.5, 0.6) is 0 Å². The van der Waals surface area contributed by atoms with Crippen LogP contribution >= 0.6 is 23.2 Å². The van der Waals surface area contributed by atoms with Gasteiger partial charge in [-0.1, -0.05) is 65.7 Å². The number of ketones is 2. The number of esters is 1. The minimum absolute atomic E-state index is 0.0153. The van der Waals surface area contributed by atoms with Gasteiger partial charge in [-0.15, -0.1) is 0 Å². The third-order valence-electron chi connectivity index (χ3n) is 7.44. The zero-order valence-electron chi connectivity index (χ0n) is 20.4. The number of fused-ring (bicyclic) bond motifs is 3. The van der Waals surface area contributed by atoms with Crippen molar-refractivity contribution in [3.63, 3.8) is 0 Å². The normalized spacial score (nSPS) is 22.9. The van der Waals surface area contributed by atoms with Gasteiger partial charge in [0.1, 0.15) is 0 Å². The molecule has 0 N–H and O–H groups in total. The van der Waals surface area contributed by atoms with Crippen LogP contribution in [-0.2, 0) is 19.1 Å². The standard InChI is InChI=1S/C29H19Cl2NO7/c1-2-38-28(37)15-12-10-14(11-13-15)23-20-21(27(36)32(26(20)35)19-9-5-8-18(30)22(19)31)29(39-23)24(33)16-6-3-4-7-17(16)25(29)34/h3-13,20-21,23H,2H2,1H3/t20-,21+,23-/m0/s1. The first-order valence-corrected chi connectivity index (χ1v) is 12.9. The third kappa shape index (κ3) is 3.45. The highest BCUT2D eigenvalue weighted by atomic mass is 35.5. The zero-order chi connectivity index (χ0) is 27.6. The summed E-state index contributed by atoms with van der Waals surface area (Å²) in [4.78, 5) is 68.7. The number of rotatable bonds is 4. The topological polar surface area (TPSA) is 107 Å². The highest BCUT2D eigenvalue weighted by Crippen LogP contribution is 2.58. The molecule has 3 atom stereocenters. The number of carbonyl (C=O) groups is 5. The predicted molar refractivity (Wildman–Crippen MR) is 140 cm³/mol. The maximum atomic E-state index is 14.0. The molecule has 0 radical (unpaired) electrons. The summed E-state index contributed by atoms with van der Waals surface area (Å²) in [6.07, 6.45) is -1.15. The maximum absolute atomic E-state index is 14.0. The first-order chi connectivity index (χ1) is 18.7. The maximum Gasteiger partial charge on any atom is 0.338 e. The van der Waals surface area contributed by atoms with E-state index in [-0.39, 0.29) is 39.0 Å². The Bertz CT molecular complexity index is 1560. The summed E-state index contributed by atoms with van der Waals surface area (Å²) in [5, 5.41) is 0.114. The molecule has 2 fully saturated rings. The molecule has 0 bridgehead atoms. The second kappa shape index (κ2) is 9.12. The summed E-state index contributed by atoms with van der Waals surface area (Å²) in [7, 11) is 0. The highest BCUT2D eigenvalue weighted by molar-refractivity contribution is 6.45. The van der Waals surface area contributed by atoms with Crippen LogP contribution in [0.15, 0.2) is 66.7 Å². The monoisotopic (exact) mass is 563 g/mol. The van der Waals surface area contributed by atoms with Crippen molar-refractivity contribution in [1.82, 2.24) is 0 Å². The summed E-state index contributed by atoms with van der Waals surface area (Å²) >= 11 is 12.6. The molecular formula is C29H19Cl2NO7. The van der Waals surface area contributed by atoms with E-state index in [0.717, 1.165) is 4.90 Å². The van der Waals surface area contributed by atoms with Gasteiger partial charge in [0.05, 0.1) is 45.8 Å². The lowest BCUT2D eigenvalue weighted by Crippen LogP contribution is -2.51. The molecule has 3 aromatic carbocycles. The van der Waals surface area contributed by atoms with Gasteiger partial charge in [-0.3, -0.25) is 19.2 Å². The molecule has 3 aromatic rings. The summed E-state index contributed by atoms with van der Waals surface area (Å²) in [5.74, 6) is -6.01. The van der Waals surface area contributed by atoms with E-state index in [1.807, 2.05) is 0 Å². The number of benzene rings is 3. The van der Waals surface area contributed by atoms with Crippen molar-refractivity contribution in [2.45, 2.75) is 18.6 Å². The van der Waals surface area contributed by atoms with Crippen molar-refractivity contribution in [2.24, 2.45) is 11.8 Å². The SMILES string of the molecule is CCOC(=O)c1ccc([C@@H]2OC3(C(=O)c4ccccc4C3=O)[C@H]3C(=O)N(c4cccc(Cl)c4Cl)C(=O)[C@H]23)cc1. The van der Waals surface area contributed by atoms with Crippen LogP contribution in [-0.4, -0.2) is 41.6 Å². The number of imide groups is 1. The number of ether oxygens (including phenoxy) is 2. The Kier molecular flexibility index (Phi) is 5.95. The number of Topliss-reactive ketones (excluding diaryl/α,β-unsaturated/α-hetero) is 2. The van der Waals surface area contributed by atoms with Gasteiger partial charge in [0, 0.05) is 11.1 Å². The Hall–Kier alpha value is -3.85. The summed E-state index contributed by atoms with van der Waals surface area (Å²) in [5.41, 5.74) is -1.25. The van der Waals surface area contributed by atoms with E-state index in [0.29, 0.717) is 5.56 Å². The first-order valence-electron chi connectivity index (χ1n) is 12.2. The van der Waals surface area contributed by atoms with Gasteiger partial charge < -0.3 is 9.47 Å². The minimum Gasteiger partial charge on any atom is -0.462 e. The van der Waals surface area contributed by atoms with Crippen LogP contribution in [0.25, 0.3) is 0 Å². The van der Waals surface area contributed by atoms with Crippen LogP contribution in [0.2, 0.25) is 10.0 Å². The summed E-state index contributed by atoms with van der Waals surface area (Å²) in [6.45, 7) is 1.88. The van der Waals surface area contributed by atoms with Crippen LogP contribution in [0.1, 0.15) is 49.7 Å². The largest absolute Gasteiger partial charge is 0.462 e. The fourth-order valence-corrected chi connectivity index (χ4v) is 6.12. The Morgan fingerprint density at radius 3 is 2.15 bits per heavy atom.